The molecule has 3 unspecified atom stereocenters. The molecule has 0 radical (unpaired) electrons. The van der Waals surface area contributed by atoms with E-state index in [-0.39, 0.29) is 12.5 Å². The maximum absolute atomic E-state index is 12.6. The molecule has 1 aliphatic heterocycles. The molecule has 10 heteroatoms. The molecule has 0 aromatic carbocycles. The number of alkyl halides is 3. The number of ether oxygens (including phenoxy) is 1. The zero-order chi connectivity index (χ0) is 17.6. The first-order valence-corrected chi connectivity index (χ1v) is 8.70. The lowest BCUT2D eigenvalue weighted by molar-refractivity contribution is -0.0862. The van der Waals surface area contributed by atoms with Crippen molar-refractivity contribution in [1.82, 2.24) is 4.90 Å². The molecule has 0 N–H and O–H groups in total. The molecule has 0 aromatic heterocycles. The largest absolute Gasteiger partial charge is 0.523 e. The number of hydrogen-bond acceptors (Lipinski definition) is 5. The van der Waals surface area contributed by atoms with Gasteiger partial charge in [0.05, 0.1) is 0 Å². The molecule has 3 atom stereocenters. The van der Waals surface area contributed by atoms with Crippen molar-refractivity contribution < 1.29 is 35.3 Å². The maximum Gasteiger partial charge on any atom is 0.523 e. The summed E-state index contributed by atoms with van der Waals surface area (Å²) < 4.78 is 69.9. The number of carbonyl (C=O) groups excluding carboxylic acids is 1. The van der Waals surface area contributed by atoms with Crippen molar-refractivity contribution in [2.45, 2.75) is 57.4 Å². The standard InChI is InChI=1S/C13H20F3NO5S/c1-12(2,3)21-11(18)17-7-8-4-5-9(6-8)10(17)22-23(19,20)13(14,15)16/h8-10H,4-7H2,1-3H3. The molecule has 2 rings (SSSR count). The van der Waals surface area contributed by atoms with Crippen molar-refractivity contribution in [3.05, 3.63) is 0 Å². The lowest BCUT2D eigenvalue weighted by Gasteiger charge is -2.39. The van der Waals surface area contributed by atoms with E-state index in [0.717, 1.165) is 11.3 Å². The van der Waals surface area contributed by atoms with Crippen molar-refractivity contribution in [2.75, 3.05) is 6.54 Å². The van der Waals surface area contributed by atoms with Gasteiger partial charge in [0.15, 0.2) is 6.23 Å². The van der Waals surface area contributed by atoms with Crippen LogP contribution >= 0.6 is 0 Å². The van der Waals surface area contributed by atoms with Crippen LogP contribution in [0.2, 0.25) is 0 Å². The van der Waals surface area contributed by atoms with Gasteiger partial charge in [-0.3, -0.25) is 4.90 Å². The lowest BCUT2D eigenvalue weighted by atomic mass is 9.97. The Morgan fingerprint density at radius 3 is 2.30 bits per heavy atom. The van der Waals surface area contributed by atoms with Crippen LogP contribution < -0.4 is 0 Å². The molecule has 6 nitrogen and oxygen atoms in total. The topological polar surface area (TPSA) is 72.9 Å². The Balaban J connectivity index is 2.23. The summed E-state index contributed by atoms with van der Waals surface area (Å²) in [4.78, 5) is 13.2. The van der Waals surface area contributed by atoms with Crippen LogP contribution in [0.5, 0.6) is 0 Å². The van der Waals surface area contributed by atoms with E-state index in [9.17, 15) is 26.4 Å². The van der Waals surface area contributed by atoms with Crippen LogP contribution in [0, 0.1) is 11.8 Å². The summed E-state index contributed by atoms with van der Waals surface area (Å²) in [5, 5.41) is 0. The Morgan fingerprint density at radius 2 is 1.78 bits per heavy atom. The van der Waals surface area contributed by atoms with Crippen molar-refractivity contribution in [1.29, 1.82) is 0 Å². The first-order chi connectivity index (χ1) is 10.3. The van der Waals surface area contributed by atoms with Gasteiger partial charge < -0.3 is 4.74 Å². The van der Waals surface area contributed by atoms with E-state index in [0.29, 0.717) is 12.8 Å². The van der Waals surface area contributed by atoms with Gasteiger partial charge >= 0.3 is 21.7 Å². The highest BCUT2D eigenvalue weighted by Gasteiger charge is 2.53. The normalized spacial score (nSPS) is 28.8. The van der Waals surface area contributed by atoms with E-state index in [1.165, 1.54) is 0 Å². The quantitative estimate of drug-likeness (QED) is 0.560. The van der Waals surface area contributed by atoms with Crippen molar-refractivity contribution in [3.8, 4) is 0 Å². The van der Waals surface area contributed by atoms with E-state index in [4.69, 9.17) is 4.74 Å². The Hall–Kier alpha value is -1.03. The summed E-state index contributed by atoms with van der Waals surface area (Å²) in [7, 11) is -5.78. The minimum Gasteiger partial charge on any atom is -0.444 e. The molecule has 1 saturated carbocycles. The summed E-state index contributed by atoms with van der Waals surface area (Å²) in [6.07, 6.45) is -0.568. The molecular formula is C13H20F3NO5S. The van der Waals surface area contributed by atoms with Gasteiger partial charge in [0.25, 0.3) is 0 Å². The first kappa shape index (κ1) is 18.3. The fourth-order valence-corrected chi connectivity index (χ4v) is 3.62. The summed E-state index contributed by atoms with van der Waals surface area (Å²) >= 11 is 0. The second-order valence-corrected chi connectivity index (χ2v) is 8.52. The SMILES string of the molecule is CC(C)(C)OC(=O)N1CC2CCC(C2)C1OS(=O)(=O)C(F)(F)F. The Labute approximate surface area is 133 Å². The van der Waals surface area contributed by atoms with Crippen LogP contribution in [0.1, 0.15) is 40.0 Å². The molecule has 134 valence electrons. The van der Waals surface area contributed by atoms with Crippen LogP contribution in [0.25, 0.3) is 0 Å². The average Bonchev–Trinajstić information content (AvgIpc) is 2.72. The second kappa shape index (κ2) is 5.80. The molecule has 1 aliphatic carbocycles. The van der Waals surface area contributed by atoms with E-state index >= 15 is 0 Å². The highest BCUT2D eigenvalue weighted by molar-refractivity contribution is 7.87. The van der Waals surface area contributed by atoms with Crippen molar-refractivity contribution >= 4 is 16.2 Å². The summed E-state index contributed by atoms with van der Waals surface area (Å²) in [6.45, 7) is 4.98. The van der Waals surface area contributed by atoms with Crippen LogP contribution in [-0.4, -0.2) is 43.3 Å². The summed E-state index contributed by atoms with van der Waals surface area (Å²) in [5.41, 5.74) is -6.37. The fraction of sp³-hybridized carbons (Fsp3) is 0.923. The second-order valence-electron chi connectivity index (χ2n) is 6.96. The Bertz CT molecular complexity index is 569. The smallest absolute Gasteiger partial charge is 0.444 e. The van der Waals surface area contributed by atoms with E-state index in [1.807, 2.05) is 0 Å². The third-order valence-electron chi connectivity index (χ3n) is 3.88. The first-order valence-electron chi connectivity index (χ1n) is 7.29. The summed E-state index contributed by atoms with van der Waals surface area (Å²) in [6, 6.07) is 0. The Kier molecular flexibility index (Phi) is 4.62. The van der Waals surface area contributed by atoms with E-state index in [2.05, 4.69) is 4.18 Å². The molecule has 2 aliphatic rings. The minimum atomic E-state index is -5.78. The highest BCUT2D eigenvalue weighted by Crippen LogP contribution is 2.43. The number of fused-ring (bicyclic) bond motifs is 2. The van der Waals surface area contributed by atoms with Crippen LogP contribution in [0.3, 0.4) is 0 Å². The predicted octanol–water partition coefficient (Wildman–Crippen LogP) is 2.85. The summed E-state index contributed by atoms with van der Waals surface area (Å²) in [5.74, 6) is -0.320. The highest BCUT2D eigenvalue weighted by atomic mass is 32.2. The molecule has 1 saturated heterocycles. The van der Waals surface area contributed by atoms with Gasteiger partial charge in [0.1, 0.15) is 5.60 Å². The van der Waals surface area contributed by atoms with Gasteiger partial charge in [-0.05, 0) is 46.0 Å². The number of nitrogens with zero attached hydrogens (tertiary/aromatic N) is 1. The third kappa shape index (κ3) is 4.09. The number of likely N-dealkylation sites (tertiary alicyclic amines) is 1. The van der Waals surface area contributed by atoms with E-state index < -0.39 is 39.5 Å². The number of amides is 1. The number of hydrogen-bond donors (Lipinski definition) is 0. The Morgan fingerprint density at radius 1 is 1.17 bits per heavy atom. The number of halogens is 3. The molecule has 1 amide bonds. The maximum atomic E-state index is 12.6. The molecule has 2 bridgehead atoms. The monoisotopic (exact) mass is 359 g/mol. The number of carbonyl (C=O) groups is 1. The molecule has 23 heavy (non-hydrogen) atoms. The van der Waals surface area contributed by atoms with Crippen LogP contribution in [-0.2, 0) is 19.0 Å². The van der Waals surface area contributed by atoms with E-state index in [1.54, 1.807) is 20.8 Å². The molecule has 1 heterocycles. The molecule has 2 fully saturated rings. The fourth-order valence-electron chi connectivity index (χ4n) is 2.99. The number of rotatable bonds is 2. The van der Waals surface area contributed by atoms with Crippen LogP contribution in [0.15, 0.2) is 0 Å². The molecule has 0 spiro atoms. The zero-order valence-corrected chi connectivity index (χ0v) is 13.9. The van der Waals surface area contributed by atoms with Gasteiger partial charge in [-0.1, -0.05) is 0 Å². The number of piperidine rings is 1. The predicted molar refractivity (Wildman–Crippen MR) is 73.6 cm³/mol. The van der Waals surface area contributed by atoms with Gasteiger partial charge in [-0.15, -0.1) is 0 Å². The molecule has 0 aromatic rings. The van der Waals surface area contributed by atoms with Crippen LogP contribution in [0.4, 0.5) is 18.0 Å². The van der Waals surface area contributed by atoms with Crippen molar-refractivity contribution in [2.24, 2.45) is 11.8 Å². The lowest BCUT2D eigenvalue weighted by Crippen LogP contribution is -2.53. The van der Waals surface area contributed by atoms with Gasteiger partial charge in [-0.25, -0.2) is 8.98 Å². The average molecular weight is 359 g/mol. The third-order valence-corrected chi connectivity index (χ3v) is 4.90. The molecular weight excluding hydrogens is 339 g/mol. The minimum absolute atomic E-state index is 0.126. The van der Waals surface area contributed by atoms with Gasteiger partial charge in [-0.2, -0.15) is 21.6 Å². The van der Waals surface area contributed by atoms with Crippen molar-refractivity contribution in [3.63, 3.8) is 0 Å². The van der Waals surface area contributed by atoms with Gasteiger partial charge in [0.2, 0.25) is 0 Å². The zero-order valence-electron chi connectivity index (χ0n) is 13.1. The van der Waals surface area contributed by atoms with Gasteiger partial charge in [0, 0.05) is 12.5 Å².